The van der Waals surface area contributed by atoms with Crippen molar-refractivity contribution in [2.24, 2.45) is 29.6 Å². The van der Waals surface area contributed by atoms with Crippen LogP contribution >= 0.6 is 0 Å². The molecule has 1 N–H and O–H groups in total. The fourth-order valence-electron chi connectivity index (χ4n) is 5.07. The fourth-order valence-corrected chi connectivity index (χ4v) is 5.07. The van der Waals surface area contributed by atoms with Crippen LogP contribution in [-0.2, 0) is 4.74 Å². The molecule has 128 valence electrons. The Bertz CT molecular complexity index is 512. The smallest absolute Gasteiger partial charge is 0.410 e. The summed E-state index contributed by atoms with van der Waals surface area (Å²) in [6.07, 6.45) is 7.45. The summed E-state index contributed by atoms with van der Waals surface area (Å²) in [7, 11) is 0. The predicted octanol–water partition coefficient (Wildman–Crippen LogP) is 3.04. The molecule has 0 spiro atoms. The van der Waals surface area contributed by atoms with Crippen LogP contribution < -0.4 is 5.32 Å². The van der Waals surface area contributed by atoms with Gasteiger partial charge in [0.2, 0.25) is 0 Å². The average Bonchev–Trinajstić information content (AvgIpc) is 2.96. The topological polar surface area (TPSA) is 41.6 Å². The number of carbonyl (C=O) groups excluding carboxylic acids is 1. The number of nitrogens with zero attached hydrogens (tertiary/aromatic N) is 1. The number of ether oxygens (including phenoxy) is 1. The van der Waals surface area contributed by atoms with Gasteiger partial charge in [-0.2, -0.15) is 0 Å². The Morgan fingerprint density at radius 1 is 1.22 bits per heavy atom. The second-order valence-corrected chi connectivity index (χ2v) is 9.14. The highest BCUT2D eigenvalue weighted by atomic mass is 16.6. The van der Waals surface area contributed by atoms with E-state index in [0.29, 0.717) is 23.9 Å². The highest BCUT2D eigenvalue weighted by molar-refractivity contribution is 5.69. The molecule has 6 atom stereocenters. The molecular weight excluding hydrogens is 288 g/mol. The minimum absolute atomic E-state index is 0.144. The zero-order valence-corrected chi connectivity index (χ0v) is 14.8. The molecule has 0 aromatic rings. The first-order valence-electron chi connectivity index (χ1n) is 9.24. The van der Waals surface area contributed by atoms with Gasteiger partial charge in [0.15, 0.2) is 0 Å². The maximum Gasteiger partial charge on any atom is 0.410 e. The van der Waals surface area contributed by atoms with Crippen molar-refractivity contribution in [1.82, 2.24) is 10.2 Å². The van der Waals surface area contributed by atoms with Crippen LogP contribution in [0, 0.1) is 29.6 Å². The minimum Gasteiger partial charge on any atom is -0.444 e. The summed E-state index contributed by atoms with van der Waals surface area (Å²) < 4.78 is 5.48. The summed E-state index contributed by atoms with van der Waals surface area (Å²) >= 11 is 0. The third-order valence-corrected chi connectivity index (χ3v) is 6.27. The number of fused-ring (bicyclic) bond motifs is 3. The lowest BCUT2D eigenvalue weighted by Gasteiger charge is -2.29. The third-order valence-electron chi connectivity index (χ3n) is 6.27. The molecule has 3 aliphatic carbocycles. The first-order valence-corrected chi connectivity index (χ1v) is 9.24. The van der Waals surface area contributed by atoms with Crippen molar-refractivity contribution in [1.29, 1.82) is 0 Å². The molecule has 23 heavy (non-hydrogen) atoms. The molecule has 4 rings (SSSR count). The Morgan fingerprint density at radius 3 is 2.43 bits per heavy atom. The van der Waals surface area contributed by atoms with E-state index in [0.717, 1.165) is 30.8 Å². The van der Waals surface area contributed by atoms with E-state index >= 15 is 0 Å². The molecular formula is C19H30N2O2. The van der Waals surface area contributed by atoms with E-state index in [2.05, 4.69) is 24.4 Å². The normalized spacial score (nSPS) is 42.0. The molecule has 0 radical (unpaired) electrons. The largest absolute Gasteiger partial charge is 0.444 e. The van der Waals surface area contributed by atoms with E-state index in [4.69, 9.17) is 4.74 Å². The SMILES string of the molecule is CC(NC1C2CN(C(=O)OC(C)(C)C)CC21)C1CC2C=CC1C2. The molecule has 0 aromatic heterocycles. The van der Waals surface area contributed by atoms with Crippen LogP contribution in [0.2, 0.25) is 0 Å². The number of nitrogens with one attached hydrogen (secondary N) is 1. The van der Waals surface area contributed by atoms with Gasteiger partial charge >= 0.3 is 6.09 Å². The standard InChI is InChI=1S/C19H30N2O2/c1-11(14-8-12-5-6-13(14)7-12)20-17-15-9-21(10-16(15)17)18(22)23-19(2,3)4/h5-6,11-17,20H,7-10H2,1-4H3. The van der Waals surface area contributed by atoms with E-state index in [1.165, 1.54) is 12.8 Å². The van der Waals surface area contributed by atoms with Crippen LogP contribution in [-0.4, -0.2) is 41.8 Å². The Morgan fingerprint density at radius 2 is 1.91 bits per heavy atom. The second kappa shape index (κ2) is 5.23. The van der Waals surface area contributed by atoms with Crippen LogP contribution in [0.1, 0.15) is 40.5 Å². The highest BCUT2D eigenvalue weighted by Crippen LogP contribution is 2.49. The number of rotatable bonds is 3. The Hall–Kier alpha value is -1.03. The van der Waals surface area contributed by atoms with Gasteiger partial charge < -0.3 is 15.0 Å². The maximum atomic E-state index is 12.1. The van der Waals surface area contributed by atoms with Gasteiger partial charge in [-0.3, -0.25) is 0 Å². The molecule has 4 heteroatoms. The molecule has 2 saturated carbocycles. The zero-order valence-electron chi connectivity index (χ0n) is 14.8. The van der Waals surface area contributed by atoms with Crippen LogP contribution in [0.25, 0.3) is 0 Å². The number of hydrogen-bond acceptors (Lipinski definition) is 3. The lowest BCUT2D eigenvalue weighted by atomic mass is 9.87. The molecule has 4 aliphatic rings. The molecule has 1 aliphatic heterocycles. The van der Waals surface area contributed by atoms with Crippen molar-refractivity contribution >= 4 is 6.09 Å². The molecule has 1 heterocycles. The van der Waals surface area contributed by atoms with E-state index < -0.39 is 5.60 Å². The zero-order chi connectivity index (χ0) is 16.4. The molecule has 4 nitrogen and oxygen atoms in total. The van der Waals surface area contributed by atoms with E-state index in [-0.39, 0.29) is 6.09 Å². The molecule has 0 aromatic carbocycles. The van der Waals surface area contributed by atoms with Gasteiger partial charge in [-0.1, -0.05) is 12.2 Å². The number of likely N-dealkylation sites (tertiary alicyclic amines) is 1. The maximum absolute atomic E-state index is 12.1. The van der Waals surface area contributed by atoms with Gasteiger partial charge in [-0.15, -0.1) is 0 Å². The van der Waals surface area contributed by atoms with Gasteiger partial charge in [0.25, 0.3) is 0 Å². The number of carbonyl (C=O) groups is 1. The van der Waals surface area contributed by atoms with Crippen LogP contribution in [0.4, 0.5) is 4.79 Å². The lowest BCUT2D eigenvalue weighted by molar-refractivity contribution is 0.0268. The summed E-state index contributed by atoms with van der Waals surface area (Å²) in [6.45, 7) is 9.87. The molecule has 6 unspecified atom stereocenters. The van der Waals surface area contributed by atoms with Crippen LogP contribution in [0.15, 0.2) is 12.2 Å². The van der Waals surface area contributed by atoms with Gasteiger partial charge in [-0.05, 0) is 70.1 Å². The fraction of sp³-hybridized carbons (Fsp3) is 0.842. The van der Waals surface area contributed by atoms with Gasteiger partial charge in [0.05, 0.1) is 0 Å². The summed E-state index contributed by atoms with van der Waals surface area (Å²) in [5.74, 6) is 3.74. The van der Waals surface area contributed by atoms with Crippen molar-refractivity contribution in [3.8, 4) is 0 Å². The van der Waals surface area contributed by atoms with E-state index in [1.807, 2.05) is 25.7 Å². The molecule has 2 bridgehead atoms. The summed E-state index contributed by atoms with van der Waals surface area (Å²) in [6, 6.07) is 1.22. The first-order chi connectivity index (χ1) is 10.8. The van der Waals surface area contributed by atoms with Crippen molar-refractivity contribution in [2.75, 3.05) is 13.1 Å². The highest BCUT2D eigenvalue weighted by Gasteiger charge is 2.58. The number of amides is 1. The van der Waals surface area contributed by atoms with E-state index in [1.54, 1.807) is 0 Å². The van der Waals surface area contributed by atoms with Gasteiger partial charge in [-0.25, -0.2) is 4.79 Å². The molecule has 1 saturated heterocycles. The summed E-state index contributed by atoms with van der Waals surface area (Å²) in [5.41, 5.74) is -0.397. The molecule has 1 amide bonds. The van der Waals surface area contributed by atoms with Crippen molar-refractivity contribution in [3.05, 3.63) is 12.2 Å². The second-order valence-electron chi connectivity index (χ2n) is 9.14. The van der Waals surface area contributed by atoms with E-state index in [9.17, 15) is 4.79 Å². The van der Waals surface area contributed by atoms with Crippen LogP contribution in [0.5, 0.6) is 0 Å². The Kier molecular flexibility index (Phi) is 3.53. The first kappa shape index (κ1) is 15.5. The monoisotopic (exact) mass is 318 g/mol. The molecule has 3 fully saturated rings. The van der Waals surface area contributed by atoms with Crippen molar-refractivity contribution in [2.45, 2.75) is 58.2 Å². The number of piperidine rings is 1. The Balaban J connectivity index is 1.25. The Labute approximate surface area is 139 Å². The van der Waals surface area contributed by atoms with Crippen LogP contribution in [0.3, 0.4) is 0 Å². The van der Waals surface area contributed by atoms with Gasteiger partial charge in [0, 0.05) is 25.2 Å². The minimum atomic E-state index is -0.397. The quantitative estimate of drug-likeness (QED) is 0.813. The lowest BCUT2D eigenvalue weighted by Crippen LogP contribution is -2.43. The van der Waals surface area contributed by atoms with Crippen molar-refractivity contribution < 1.29 is 9.53 Å². The average molecular weight is 318 g/mol. The third kappa shape index (κ3) is 2.90. The summed E-state index contributed by atoms with van der Waals surface area (Å²) in [5, 5.41) is 3.88. The van der Waals surface area contributed by atoms with Crippen molar-refractivity contribution in [3.63, 3.8) is 0 Å². The predicted molar refractivity (Wildman–Crippen MR) is 90.0 cm³/mol. The number of allylic oxidation sites excluding steroid dienone is 2. The summed E-state index contributed by atoms with van der Waals surface area (Å²) in [4.78, 5) is 14.0. The number of hydrogen-bond donors (Lipinski definition) is 1. The van der Waals surface area contributed by atoms with Gasteiger partial charge in [0.1, 0.15) is 5.60 Å².